The van der Waals surface area contributed by atoms with Crippen LogP contribution in [0.3, 0.4) is 0 Å². The van der Waals surface area contributed by atoms with E-state index in [4.69, 9.17) is 11.6 Å². The summed E-state index contributed by atoms with van der Waals surface area (Å²) in [5.41, 5.74) is 1.67. The van der Waals surface area contributed by atoms with Crippen molar-refractivity contribution in [1.29, 1.82) is 0 Å². The molecule has 0 amide bonds. The molecule has 2 heterocycles. The van der Waals surface area contributed by atoms with Gasteiger partial charge >= 0.3 is 0 Å². The Morgan fingerprint density at radius 3 is 2.89 bits per heavy atom. The summed E-state index contributed by atoms with van der Waals surface area (Å²) in [5, 5.41) is 14.7. The molecule has 0 aliphatic rings. The summed E-state index contributed by atoms with van der Waals surface area (Å²) in [6.45, 7) is 4.59. The average Bonchev–Trinajstić information content (AvgIpc) is 2.66. The van der Waals surface area contributed by atoms with Gasteiger partial charge in [-0.2, -0.15) is 10.1 Å². The maximum atomic E-state index is 9.40. The van der Waals surface area contributed by atoms with Gasteiger partial charge in [-0.1, -0.05) is 23.4 Å². The van der Waals surface area contributed by atoms with E-state index in [2.05, 4.69) is 15.1 Å². The first-order valence-corrected chi connectivity index (χ1v) is 6.84. The van der Waals surface area contributed by atoms with Crippen LogP contribution in [-0.2, 0) is 12.3 Å². The number of aryl methyl sites for hydroxylation is 2. The maximum Gasteiger partial charge on any atom is 0.215 e. The van der Waals surface area contributed by atoms with Crippen molar-refractivity contribution in [2.24, 2.45) is 0 Å². The minimum Gasteiger partial charge on any atom is -0.493 e. The van der Waals surface area contributed by atoms with Crippen molar-refractivity contribution < 1.29 is 5.11 Å². The molecule has 0 unspecified atom stereocenters. The van der Waals surface area contributed by atoms with Crippen molar-refractivity contribution in [3.63, 3.8) is 0 Å². The lowest BCUT2D eigenvalue weighted by Crippen LogP contribution is -2.02. The van der Waals surface area contributed by atoms with E-state index in [9.17, 15) is 5.11 Å². The summed E-state index contributed by atoms with van der Waals surface area (Å²) in [6.07, 6.45) is 1.63. The quantitative estimate of drug-likeness (QED) is 0.691. The lowest BCUT2D eigenvalue weighted by molar-refractivity contribution is 0.444. The third kappa shape index (κ3) is 2.94. The van der Waals surface area contributed by atoms with Gasteiger partial charge in [0.05, 0.1) is 16.9 Å². The van der Waals surface area contributed by atoms with Gasteiger partial charge in [-0.05, 0) is 13.8 Å². The normalized spacial score (nSPS) is 10.8. The highest BCUT2D eigenvalue weighted by Crippen LogP contribution is 2.25. The van der Waals surface area contributed by atoms with Crippen LogP contribution < -0.4 is 0 Å². The Kier molecular flexibility index (Phi) is 4.08. The van der Waals surface area contributed by atoms with Gasteiger partial charge in [0, 0.05) is 24.1 Å². The molecule has 0 spiro atoms. The molecule has 0 aliphatic carbocycles. The molecule has 0 atom stereocenters. The first-order valence-electron chi connectivity index (χ1n) is 5.47. The number of thioether (sulfide) groups is 1. The standard InChI is InChI=1S/C11H13ClN4OS/c1-3-16-9(8(12)5-13-16)6-18-11-14-7(2)4-10(17)15-11/h4-5H,3,6H2,1-2H3,(H,14,15,17). The Balaban J connectivity index is 2.13. The van der Waals surface area contributed by atoms with Gasteiger partial charge in [-0.15, -0.1) is 0 Å². The van der Waals surface area contributed by atoms with Crippen molar-refractivity contribution in [3.05, 3.63) is 28.7 Å². The molecular weight excluding hydrogens is 272 g/mol. The van der Waals surface area contributed by atoms with E-state index in [1.165, 1.54) is 17.8 Å². The van der Waals surface area contributed by atoms with Gasteiger partial charge in [0.1, 0.15) is 0 Å². The molecule has 2 rings (SSSR count). The Labute approximate surface area is 114 Å². The number of hydrogen-bond donors (Lipinski definition) is 1. The third-order valence-corrected chi connectivity index (χ3v) is 3.53. The largest absolute Gasteiger partial charge is 0.493 e. The first-order chi connectivity index (χ1) is 8.60. The van der Waals surface area contributed by atoms with Crippen LogP contribution in [0.15, 0.2) is 17.4 Å². The Morgan fingerprint density at radius 1 is 1.44 bits per heavy atom. The number of nitrogens with zero attached hydrogens (tertiary/aromatic N) is 4. The highest BCUT2D eigenvalue weighted by atomic mass is 35.5. The Morgan fingerprint density at radius 2 is 2.22 bits per heavy atom. The van der Waals surface area contributed by atoms with E-state index >= 15 is 0 Å². The predicted octanol–water partition coefficient (Wildman–Crippen LogP) is 2.65. The second-order valence-electron chi connectivity index (χ2n) is 3.69. The van der Waals surface area contributed by atoms with Crippen LogP contribution in [0.4, 0.5) is 0 Å². The SMILES string of the molecule is CCn1ncc(Cl)c1CSc1nc(C)cc(O)n1. The molecular formula is C11H13ClN4OS. The molecule has 0 aromatic carbocycles. The number of halogens is 1. The van der Waals surface area contributed by atoms with Crippen LogP contribution in [-0.4, -0.2) is 24.9 Å². The molecule has 0 bridgehead atoms. The second kappa shape index (κ2) is 5.58. The minimum absolute atomic E-state index is 0.0138. The van der Waals surface area contributed by atoms with Crippen molar-refractivity contribution in [1.82, 2.24) is 19.7 Å². The molecule has 5 nitrogen and oxygen atoms in total. The average molecular weight is 285 g/mol. The molecule has 0 saturated carbocycles. The lowest BCUT2D eigenvalue weighted by Gasteiger charge is -2.05. The summed E-state index contributed by atoms with van der Waals surface area (Å²) in [6, 6.07) is 1.52. The van der Waals surface area contributed by atoms with E-state index in [-0.39, 0.29) is 5.88 Å². The smallest absolute Gasteiger partial charge is 0.215 e. The van der Waals surface area contributed by atoms with Gasteiger partial charge in [0.2, 0.25) is 5.88 Å². The number of hydrogen-bond acceptors (Lipinski definition) is 5. The summed E-state index contributed by atoms with van der Waals surface area (Å²) in [5.74, 6) is 0.607. The fourth-order valence-corrected chi connectivity index (χ4v) is 2.75. The van der Waals surface area contributed by atoms with Crippen LogP contribution in [0.1, 0.15) is 18.3 Å². The van der Waals surface area contributed by atoms with Gasteiger partial charge in [0.15, 0.2) is 5.16 Å². The monoisotopic (exact) mass is 284 g/mol. The summed E-state index contributed by atoms with van der Waals surface area (Å²) in [7, 11) is 0. The fraction of sp³-hybridized carbons (Fsp3) is 0.364. The summed E-state index contributed by atoms with van der Waals surface area (Å²) < 4.78 is 1.84. The van der Waals surface area contributed by atoms with E-state index in [1.807, 2.05) is 18.5 Å². The lowest BCUT2D eigenvalue weighted by atomic mass is 10.4. The van der Waals surface area contributed by atoms with Crippen LogP contribution in [0.5, 0.6) is 5.88 Å². The Hall–Kier alpha value is -1.27. The van der Waals surface area contributed by atoms with Crippen molar-refractivity contribution in [2.45, 2.75) is 31.3 Å². The predicted molar refractivity (Wildman–Crippen MR) is 70.9 cm³/mol. The number of rotatable bonds is 4. The fourth-order valence-electron chi connectivity index (χ4n) is 1.53. The molecule has 0 fully saturated rings. The molecule has 0 aliphatic heterocycles. The molecule has 7 heteroatoms. The zero-order valence-electron chi connectivity index (χ0n) is 10.1. The zero-order valence-corrected chi connectivity index (χ0v) is 11.7. The molecule has 1 N–H and O–H groups in total. The van der Waals surface area contributed by atoms with E-state index in [0.29, 0.717) is 15.9 Å². The van der Waals surface area contributed by atoms with Crippen molar-refractivity contribution in [3.8, 4) is 5.88 Å². The van der Waals surface area contributed by atoms with E-state index in [1.54, 1.807) is 6.20 Å². The van der Waals surface area contributed by atoms with Crippen LogP contribution in [0, 0.1) is 6.92 Å². The van der Waals surface area contributed by atoms with Gasteiger partial charge in [0.25, 0.3) is 0 Å². The minimum atomic E-state index is -0.0138. The van der Waals surface area contributed by atoms with Gasteiger partial charge < -0.3 is 5.11 Å². The zero-order chi connectivity index (χ0) is 13.1. The highest BCUT2D eigenvalue weighted by Gasteiger charge is 2.10. The summed E-state index contributed by atoms with van der Waals surface area (Å²) >= 11 is 7.49. The van der Waals surface area contributed by atoms with Crippen molar-refractivity contribution in [2.75, 3.05) is 0 Å². The number of aromatic hydroxyl groups is 1. The topological polar surface area (TPSA) is 63.8 Å². The number of aromatic nitrogens is 4. The van der Waals surface area contributed by atoms with E-state index in [0.717, 1.165) is 17.9 Å². The molecule has 2 aromatic rings. The van der Waals surface area contributed by atoms with E-state index < -0.39 is 0 Å². The molecule has 18 heavy (non-hydrogen) atoms. The van der Waals surface area contributed by atoms with Gasteiger partial charge in [-0.3, -0.25) is 4.68 Å². The molecule has 96 valence electrons. The Bertz CT molecular complexity index is 538. The maximum absolute atomic E-state index is 9.40. The summed E-state index contributed by atoms with van der Waals surface area (Å²) in [4.78, 5) is 8.19. The second-order valence-corrected chi connectivity index (χ2v) is 5.04. The third-order valence-electron chi connectivity index (χ3n) is 2.36. The molecule has 2 aromatic heterocycles. The van der Waals surface area contributed by atoms with Crippen LogP contribution in [0.25, 0.3) is 0 Å². The molecule has 0 radical (unpaired) electrons. The highest BCUT2D eigenvalue weighted by molar-refractivity contribution is 7.98. The van der Waals surface area contributed by atoms with Crippen molar-refractivity contribution >= 4 is 23.4 Å². The molecule has 0 saturated heterocycles. The first kappa shape index (κ1) is 13.2. The van der Waals surface area contributed by atoms with Gasteiger partial charge in [-0.25, -0.2) is 4.98 Å². The van der Waals surface area contributed by atoms with Crippen LogP contribution >= 0.6 is 23.4 Å². The van der Waals surface area contributed by atoms with Crippen LogP contribution in [0.2, 0.25) is 5.02 Å².